The van der Waals surface area contributed by atoms with Crippen LogP contribution in [-0.2, 0) is 9.47 Å². The Bertz CT molecular complexity index is 490. The first-order valence-corrected chi connectivity index (χ1v) is 9.12. The maximum atomic E-state index is 10.3. The molecule has 1 aromatic rings. The first kappa shape index (κ1) is 27.5. The largest absolute Gasteiger partial charge is 0.504 e. The highest BCUT2D eigenvalue weighted by molar-refractivity contribution is 5.76. The van der Waals surface area contributed by atoms with Crippen molar-refractivity contribution < 1.29 is 34.3 Å². The quantitative estimate of drug-likeness (QED) is 0.463. The number of ether oxygens (including phenoxy) is 3. The lowest BCUT2D eigenvalue weighted by molar-refractivity contribution is -0.176. The van der Waals surface area contributed by atoms with Gasteiger partial charge in [0, 0.05) is 24.7 Å². The summed E-state index contributed by atoms with van der Waals surface area (Å²) in [6.45, 7) is 14.4. The summed E-state index contributed by atoms with van der Waals surface area (Å²) < 4.78 is 15.2. The minimum atomic E-state index is -1.50. The Labute approximate surface area is 162 Å². The molecule has 0 saturated heterocycles. The van der Waals surface area contributed by atoms with E-state index in [4.69, 9.17) is 24.4 Å². The second kappa shape index (κ2) is 15.4. The number of benzene rings is 1. The van der Waals surface area contributed by atoms with E-state index in [2.05, 4.69) is 0 Å². The van der Waals surface area contributed by atoms with E-state index in [1.807, 2.05) is 27.7 Å². The van der Waals surface area contributed by atoms with Crippen molar-refractivity contribution in [2.75, 3.05) is 19.8 Å². The maximum Gasteiger partial charge on any atom is 0.161 e. The van der Waals surface area contributed by atoms with E-state index < -0.39 is 5.79 Å². The molecule has 0 atom stereocenters. The SMILES string of the molecule is CC(C)C(C)(O)O.CCOC(C)OCC.CCOc1cc(C=O)ccc1O. The van der Waals surface area contributed by atoms with Gasteiger partial charge in [-0.15, -0.1) is 0 Å². The molecule has 27 heavy (non-hydrogen) atoms. The fraction of sp³-hybridized carbons (Fsp3) is 0.650. The molecule has 158 valence electrons. The summed E-state index contributed by atoms with van der Waals surface area (Å²) in [5, 5.41) is 26.5. The van der Waals surface area contributed by atoms with Crippen molar-refractivity contribution in [2.45, 2.75) is 60.5 Å². The highest BCUT2D eigenvalue weighted by Gasteiger charge is 2.19. The van der Waals surface area contributed by atoms with Crippen LogP contribution in [0.25, 0.3) is 0 Å². The van der Waals surface area contributed by atoms with Gasteiger partial charge in [-0.1, -0.05) is 13.8 Å². The number of aldehydes is 1. The Kier molecular flexibility index (Phi) is 15.7. The lowest BCUT2D eigenvalue weighted by atomic mass is 10.1. The van der Waals surface area contributed by atoms with Gasteiger partial charge in [-0.2, -0.15) is 0 Å². The van der Waals surface area contributed by atoms with Crippen molar-refractivity contribution in [3.05, 3.63) is 23.8 Å². The van der Waals surface area contributed by atoms with Gasteiger partial charge in [-0.05, 0) is 52.8 Å². The third-order valence-corrected chi connectivity index (χ3v) is 3.32. The molecule has 0 aliphatic heterocycles. The third-order valence-electron chi connectivity index (χ3n) is 3.32. The minimum absolute atomic E-state index is 0.0370. The molecule has 3 N–H and O–H groups in total. The van der Waals surface area contributed by atoms with Gasteiger partial charge >= 0.3 is 0 Å². The molecule has 0 unspecified atom stereocenters. The molecule has 7 heteroatoms. The molecule has 1 aromatic carbocycles. The van der Waals surface area contributed by atoms with Gasteiger partial charge in [0.15, 0.2) is 23.6 Å². The number of rotatable bonds is 8. The Morgan fingerprint density at radius 3 is 1.85 bits per heavy atom. The van der Waals surface area contributed by atoms with Gasteiger partial charge in [-0.25, -0.2) is 0 Å². The molecular weight excluding hydrogens is 352 g/mol. The molecule has 1 rings (SSSR count). The van der Waals surface area contributed by atoms with Gasteiger partial charge in [0.25, 0.3) is 0 Å². The highest BCUT2D eigenvalue weighted by atomic mass is 16.7. The molecule has 0 spiro atoms. The predicted molar refractivity (Wildman–Crippen MR) is 105 cm³/mol. The highest BCUT2D eigenvalue weighted by Crippen LogP contribution is 2.25. The number of hydrogen-bond donors (Lipinski definition) is 3. The van der Waals surface area contributed by atoms with E-state index in [-0.39, 0.29) is 18.0 Å². The zero-order valence-corrected chi connectivity index (χ0v) is 17.6. The van der Waals surface area contributed by atoms with Gasteiger partial charge in [0.1, 0.15) is 6.29 Å². The van der Waals surface area contributed by atoms with Crippen LogP contribution < -0.4 is 4.74 Å². The van der Waals surface area contributed by atoms with E-state index in [9.17, 15) is 9.90 Å². The zero-order valence-electron chi connectivity index (χ0n) is 17.6. The fourth-order valence-electron chi connectivity index (χ4n) is 1.39. The summed E-state index contributed by atoms with van der Waals surface area (Å²) in [7, 11) is 0. The predicted octanol–water partition coefficient (Wildman–Crippen LogP) is 3.35. The van der Waals surface area contributed by atoms with E-state index >= 15 is 0 Å². The summed E-state index contributed by atoms with van der Waals surface area (Å²) in [5.74, 6) is -1.18. The van der Waals surface area contributed by atoms with E-state index in [0.29, 0.717) is 24.2 Å². The Balaban J connectivity index is 0. The smallest absolute Gasteiger partial charge is 0.161 e. The normalized spacial score (nSPS) is 10.6. The summed E-state index contributed by atoms with van der Waals surface area (Å²) in [4.78, 5) is 10.3. The molecule has 0 saturated carbocycles. The van der Waals surface area contributed by atoms with Crippen LogP contribution in [0.2, 0.25) is 0 Å². The topological polar surface area (TPSA) is 105 Å². The van der Waals surface area contributed by atoms with E-state index in [1.54, 1.807) is 13.8 Å². The van der Waals surface area contributed by atoms with Gasteiger partial charge in [0.2, 0.25) is 0 Å². The number of carbonyl (C=O) groups is 1. The first-order chi connectivity index (χ1) is 12.5. The molecule has 0 aliphatic rings. The van der Waals surface area contributed by atoms with Crippen LogP contribution in [0, 0.1) is 5.92 Å². The van der Waals surface area contributed by atoms with Gasteiger partial charge in [0.05, 0.1) is 6.61 Å². The van der Waals surface area contributed by atoms with Crippen molar-refractivity contribution in [3.8, 4) is 11.5 Å². The van der Waals surface area contributed by atoms with Crippen LogP contribution in [0.1, 0.15) is 58.8 Å². The van der Waals surface area contributed by atoms with Crippen LogP contribution in [0.3, 0.4) is 0 Å². The zero-order chi connectivity index (χ0) is 21.5. The Hall–Kier alpha value is -1.67. The Morgan fingerprint density at radius 2 is 1.52 bits per heavy atom. The van der Waals surface area contributed by atoms with E-state index in [0.717, 1.165) is 13.2 Å². The Morgan fingerprint density at radius 1 is 1.04 bits per heavy atom. The third kappa shape index (κ3) is 15.1. The summed E-state index contributed by atoms with van der Waals surface area (Å²) in [6, 6.07) is 4.48. The monoisotopic (exact) mass is 388 g/mol. The molecule has 0 radical (unpaired) electrons. The van der Waals surface area contributed by atoms with Crippen molar-refractivity contribution in [3.63, 3.8) is 0 Å². The van der Waals surface area contributed by atoms with Crippen LogP contribution >= 0.6 is 0 Å². The number of phenols is 1. The standard InChI is InChI=1S/C9H10O3.C6H14O2.C5H12O2/c1-2-12-9-5-7(6-10)3-4-8(9)11;1-4-7-6(3)8-5-2;1-4(2)5(3,6)7/h3-6,11H,2H2,1H3;6H,4-5H2,1-3H3;4,6-7H,1-3H3. The molecule has 0 aromatic heterocycles. The van der Waals surface area contributed by atoms with Crippen LogP contribution in [0.5, 0.6) is 11.5 Å². The van der Waals surface area contributed by atoms with Crippen LogP contribution in [0.15, 0.2) is 18.2 Å². The minimum Gasteiger partial charge on any atom is -0.504 e. The maximum absolute atomic E-state index is 10.3. The number of aromatic hydroxyl groups is 1. The van der Waals surface area contributed by atoms with Crippen LogP contribution in [-0.4, -0.2) is 53.5 Å². The number of hydrogen-bond acceptors (Lipinski definition) is 7. The fourth-order valence-corrected chi connectivity index (χ4v) is 1.39. The van der Waals surface area contributed by atoms with Gasteiger partial charge in [-0.3, -0.25) is 4.79 Å². The number of carbonyl (C=O) groups excluding carboxylic acids is 1. The van der Waals surface area contributed by atoms with Gasteiger partial charge < -0.3 is 29.5 Å². The molecule has 0 aliphatic carbocycles. The summed E-state index contributed by atoms with van der Waals surface area (Å²) >= 11 is 0. The summed E-state index contributed by atoms with van der Waals surface area (Å²) in [6.07, 6.45) is 0.673. The lowest BCUT2D eigenvalue weighted by Gasteiger charge is -2.19. The second-order valence-corrected chi connectivity index (χ2v) is 6.01. The van der Waals surface area contributed by atoms with Crippen molar-refractivity contribution in [1.29, 1.82) is 0 Å². The number of aliphatic hydroxyl groups is 2. The molecule has 7 nitrogen and oxygen atoms in total. The van der Waals surface area contributed by atoms with Crippen molar-refractivity contribution in [1.82, 2.24) is 0 Å². The lowest BCUT2D eigenvalue weighted by Crippen LogP contribution is -2.29. The van der Waals surface area contributed by atoms with Crippen molar-refractivity contribution in [2.24, 2.45) is 5.92 Å². The molecule has 0 heterocycles. The second-order valence-electron chi connectivity index (χ2n) is 6.01. The molecule has 0 amide bonds. The first-order valence-electron chi connectivity index (χ1n) is 9.12. The van der Waals surface area contributed by atoms with Crippen molar-refractivity contribution >= 4 is 6.29 Å². The van der Waals surface area contributed by atoms with Crippen LogP contribution in [0.4, 0.5) is 0 Å². The average molecular weight is 389 g/mol. The number of phenolic OH excluding ortho intramolecular Hbond substituents is 1. The molecule has 0 fully saturated rings. The molecular formula is C20H36O7. The summed E-state index contributed by atoms with van der Waals surface area (Å²) in [5.41, 5.74) is 0.497. The average Bonchev–Trinajstić information content (AvgIpc) is 2.58. The van der Waals surface area contributed by atoms with E-state index in [1.165, 1.54) is 25.1 Å². The molecule has 0 bridgehead atoms.